The van der Waals surface area contributed by atoms with Crippen molar-refractivity contribution in [1.29, 1.82) is 0 Å². The van der Waals surface area contributed by atoms with Crippen LogP contribution in [0.15, 0.2) is 57.9 Å². The standard InChI is InChI=1S/C20H21BrN2O6S/c1-14(29-20(26)17-13-15(21)7-8-18(17)24)19(25)22-9-11-23(12-10-22)30(27,28)16-5-3-2-4-6-16/h2-8,13-14,24H,9-12H2,1H3. The summed E-state index contributed by atoms with van der Waals surface area (Å²) in [7, 11) is -3.62. The fourth-order valence-corrected chi connectivity index (χ4v) is 4.90. The van der Waals surface area contributed by atoms with E-state index in [4.69, 9.17) is 4.74 Å². The predicted molar refractivity (Wildman–Crippen MR) is 112 cm³/mol. The zero-order valence-electron chi connectivity index (χ0n) is 16.2. The highest BCUT2D eigenvalue weighted by Crippen LogP contribution is 2.23. The zero-order chi connectivity index (χ0) is 21.9. The minimum absolute atomic E-state index is 0.0530. The van der Waals surface area contributed by atoms with Gasteiger partial charge in [-0.05, 0) is 37.3 Å². The number of benzene rings is 2. The molecule has 10 heteroatoms. The summed E-state index contributed by atoms with van der Waals surface area (Å²) < 4.78 is 32.5. The number of hydrogen-bond donors (Lipinski definition) is 1. The lowest BCUT2D eigenvalue weighted by Gasteiger charge is -2.35. The van der Waals surface area contributed by atoms with Gasteiger partial charge in [0.25, 0.3) is 5.91 Å². The number of ether oxygens (including phenoxy) is 1. The van der Waals surface area contributed by atoms with Crippen molar-refractivity contribution < 1.29 is 27.9 Å². The fourth-order valence-electron chi connectivity index (χ4n) is 3.09. The monoisotopic (exact) mass is 496 g/mol. The summed E-state index contributed by atoms with van der Waals surface area (Å²) in [5.74, 6) is -1.49. The maximum Gasteiger partial charge on any atom is 0.342 e. The Kier molecular flexibility index (Phi) is 6.79. The summed E-state index contributed by atoms with van der Waals surface area (Å²) >= 11 is 3.21. The third-order valence-corrected chi connectivity index (χ3v) is 7.15. The number of phenols is 1. The first kappa shape index (κ1) is 22.3. The molecule has 1 fully saturated rings. The first-order valence-corrected chi connectivity index (χ1v) is 11.5. The van der Waals surface area contributed by atoms with E-state index in [1.165, 1.54) is 40.4 Å². The molecule has 1 saturated heterocycles. The second-order valence-corrected chi connectivity index (χ2v) is 9.61. The van der Waals surface area contributed by atoms with Crippen molar-refractivity contribution in [2.45, 2.75) is 17.9 Å². The maximum absolute atomic E-state index is 12.7. The molecule has 1 aliphatic rings. The molecule has 1 aliphatic heterocycles. The van der Waals surface area contributed by atoms with Crippen LogP contribution in [0.25, 0.3) is 0 Å². The highest BCUT2D eigenvalue weighted by molar-refractivity contribution is 9.10. The number of sulfonamides is 1. The number of esters is 1. The average Bonchev–Trinajstić information content (AvgIpc) is 2.75. The Hall–Kier alpha value is -2.43. The molecule has 0 bridgehead atoms. The molecule has 160 valence electrons. The molecule has 0 radical (unpaired) electrons. The molecular formula is C20H21BrN2O6S. The molecule has 0 saturated carbocycles. The predicted octanol–water partition coefficient (Wildman–Crippen LogP) is 2.23. The van der Waals surface area contributed by atoms with Crippen LogP contribution in [0.4, 0.5) is 0 Å². The normalized spacial score (nSPS) is 16.1. The number of halogens is 1. The quantitative estimate of drug-likeness (QED) is 0.636. The van der Waals surface area contributed by atoms with E-state index in [0.29, 0.717) is 4.47 Å². The number of hydrogen-bond acceptors (Lipinski definition) is 6. The van der Waals surface area contributed by atoms with Crippen LogP contribution in [0.5, 0.6) is 5.75 Å². The maximum atomic E-state index is 12.7. The molecule has 1 unspecified atom stereocenters. The highest BCUT2D eigenvalue weighted by atomic mass is 79.9. The van der Waals surface area contributed by atoms with Gasteiger partial charge in [-0.2, -0.15) is 4.31 Å². The number of carbonyl (C=O) groups excluding carboxylic acids is 2. The van der Waals surface area contributed by atoms with Crippen molar-refractivity contribution in [3.63, 3.8) is 0 Å². The van der Waals surface area contributed by atoms with E-state index >= 15 is 0 Å². The lowest BCUT2D eigenvalue weighted by molar-refractivity contribution is -0.141. The Labute approximate surface area is 183 Å². The van der Waals surface area contributed by atoms with Gasteiger partial charge in [0.15, 0.2) is 6.10 Å². The molecule has 30 heavy (non-hydrogen) atoms. The lowest BCUT2D eigenvalue weighted by atomic mass is 10.2. The van der Waals surface area contributed by atoms with E-state index < -0.39 is 28.0 Å². The Balaban J connectivity index is 1.59. The number of phenolic OH excluding ortho intramolecular Hbond substituents is 1. The molecule has 0 aromatic heterocycles. The zero-order valence-corrected chi connectivity index (χ0v) is 18.6. The van der Waals surface area contributed by atoms with Crippen LogP contribution in [-0.2, 0) is 19.6 Å². The van der Waals surface area contributed by atoms with E-state index in [9.17, 15) is 23.1 Å². The number of nitrogens with zero attached hydrogens (tertiary/aromatic N) is 2. The summed E-state index contributed by atoms with van der Waals surface area (Å²) in [5, 5.41) is 9.83. The van der Waals surface area contributed by atoms with Gasteiger partial charge in [0, 0.05) is 30.7 Å². The number of amides is 1. The van der Waals surface area contributed by atoms with Gasteiger partial charge in [0.2, 0.25) is 10.0 Å². The number of carbonyl (C=O) groups is 2. The molecule has 0 aliphatic carbocycles. The van der Waals surface area contributed by atoms with Crippen molar-refractivity contribution in [1.82, 2.24) is 9.21 Å². The van der Waals surface area contributed by atoms with Crippen molar-refractivity contribution in [3.8, 4) is 5.75 Å². The van der Waals surface area contributed by atoms with Crippen LogP contribution in [0.3, 0.4) is 0 Å². The first-order valence-electron chi connectivity index (χ1n) is 9.23. The molecule has 2 aromatic carbocycles. The number of piperazine rings is 1. The molecule has 8 nitrogen and oxygen atoms in total. The number of rotatable bonds is 5. The van der Waals surface area contributed by atoms with Gasteiger partial charge >= 0.3 is 5.97 Å². The molecule has 1 heterocycles. The Morgan fingerprint density at radius 3 is 2.33 bits per heavy atom. The SMILES string of the molecule is CC(OC(=O)c1cc(Br)ccc1O)C(=O)N1CCN(S(=O)(=O)c2ccccc2)CC1. The van der Waals surface area contributed by atoms with Crippen LogP contribution in [-0.4, -0.2) is 66.9 Å². The summed E-state index contributed by atoms with van der Waals surface area (Å²) in [6.45, 7) is 2.12. The molecule has 2 aromatic rings. The van der Waals surface area contributed by atoms with E-state index in [-0.39, 0.29) is 42.4 Å². The average molecular weight is 497 g/mol. The van der Waals surface area contributed by atoms with E-state index in [1.54, 1.807) is 24.3 Å². The second kappa shape index (κ2) is 9.15. The molecule has 1 amide bonds. The van der Waals surface area contributed by atoms with Gasteiger partial charge in [0.05, 0.1) is 4.90 Å². The molecule has 3 rings (SSSR count). The van der Waals surface area contributed by atoms with Gasteiger partial charge in [-0.15, -0.1) is 0 Å². The lowest BCUT2D eigenvalue weighted by Crippen LogP contribution is -2.52. The molecule has 1 N–H and O–H groups in total. The van der Waals surface area contributed by atoms with Crippen LogP contribution < -0.4 is 0 Å². The van der Waals surface area contributed by atoms with Crippen molar-refractivity contribution >= 4 is 37.8 Å². The van der Waals surface area contributed by atoms with Crippen molar-refractivity contribution in [2.75, 3.05) is 26.2 Å². The van der Waals surface area contributed by atoms with Gasteiger partial charge in [0.1, 0.15) is 11.3 Å². The van der Waals surface area contributed by atoms with Crippen molar-refractivity contribution in [3.05, 3.63) is 58.6 Å². The van der Waals surface area contributed by atoms with Gasteiger partial charge in [-0.3, -0.25) is 4.79 Å². The number of aromatic hydroxyl groups is 1. The molecule has 0 spiro atoms. The largest absolute Gasteiger partial charge is 0.507 e. The summed E-state index contributed by atoms with van der Waals surface area (Å²) in [5.41, 5.74) is -0.0530. The molecule has 1 atom stereocenters. The first-order chi connectivity index (χ1) is 14.2. The minimum atomic E-state index is -3.62. The summed E-state index contributed by atoms with van der Waals surface area (Å²) in [4.78, 5) is 26.6. The van der Waals surface area contributed by atoms with E-state index in [0.717, 1.165) is 0 Å². The van der Waals surface area contributed by atoms with Crippen LogP contribution in [0, 0.1) is 0 Å². The summed E-state index contributed by atoms with van der Waals surface area (Å²) in [6, 6.07) is 12.5. The van der Waals surface area contributed by atoms with Crippen LogP contribution >= 0.6 is 15.9 Å². The second-order valence-electron chi connectivity index (χ2n) is 6.75. The van der Waals surface area contributed by atoms with Crippen molar-refractivity contribution in [2.24, 2.45) is 0 Å². The van der Waals surface area contributed by atoms with E-state index in [2.05, 4.69) is 15.9 Å². The van der Waals surface area contributed by atoms with Crippen LogP contribution in [0.1, 0.15) is 17.3 Å². The summed E-state index contributed by atoms with van der Waals surface area (Å²) in [6.07, 6.45) is -1.08. The third-order valence-electron chi connectivity index (χ3n) is 4.74. The molecular weight excluding hydrogens is 476 g/mol. The topological polar surface area (TPSA) is 104 Å². The highest BCUT2D eigenvalue weighted by Gasteiger charge is 2.32. The Bertz CT molecular complexity index is 1040. The van der Waals surface area contributed by atoms with Crippen LogP contribution in [0.2, 0.25) is 0 Å². The fraction of sp³-hybridized carbons (Fsp3) is 0.300. The van der Waals surface area contributed by atoms with Gasteiger partial charge in [-0.1, -0.05) is 34.1 Å². The van der Waals surface area contributed by atoms with Gasteiger partial charge in [-0.25, -0.2) is 13.2 Å². The Morgan fingerprint density at radius 1 is 1.07 bits per heavy atom. The van der Waals surface area contributed by atoms with E-state index in [1.807, 2.05) is 0 Å². The Morgan fingerprint density at radius 2 is 1.70 bits per heavy atom. The van der Waals surface area contributed by atoms with Gasteiger partial charge < -0.3 is 14.7 Å². The minimum Gasteiger partial charge on any atom is -0.507 e. The smallest absolute Gasteiger partial charge is 0.342 e. The third kappa shape index (κ3) is 4.82.